The lowest BCUT2D eigenvalue weighted by molar-refractivity contribution is 0.0523. The number of ether oxygens (including phenoxy) is 1. The van der Waals surface area contributed by atoms with Gasteiger partial charge >= 0.3 is 0 Å². The van der Waals surface area contributed by atoms with Crippen LogP contribution in [0.15, 0.2) is 0 Å². The van der Waals surface area contributed by atoms with Gasteiger partial charge in [0.25, 0.3) is 0 Å². The molecule has 1 nitrogen and oxygen atoms in total. The van der Waals surface area contributed by atoms with Gasteiger partial charge in [0.05, 0.1) is 6.10 Å². The van der Waals surface area contributed by atoms with Crippen molar-refractivity contribution >= 4 is 0 Å². The Morgan fingerprint density at radius 1 is 1.00 bits per heavy atom. The van der Waals surface area contributed by atoms with Crippen LogP contribution in [-0.2, 0) is 4.74 Å². The molecule has 2 saturated carbocycles. The van der Waals surface area contributed by atoms with Crippen LogP contribution in [0.3, 0.4) is 0 Å². The molecule has 0 aromatic heterocycles. The average molecular weight is 170 g/mol. The summed E-state index contributed by atoms with van der Waals surface area (Å²) in [5, 5.41) is 0. The molecular formula is C11H22O. The summed E-state index contributed by atoms with van der Waals surface area (Å²) >= 11 is 0. The highest BCUT2D eigenvalue weighted by molar-refractivity contribution is 4.96. The van der Waals surface area contributed by atoms with Crippen molar-refractivity contribution in [3.63, 3.8) is 0 Å². The predicted octanol–water partition coefficient (Wildman–Crippen LogP) is 3.38. The normalized spacial score (nSPS) is 26.2. The molecule has 0 N–H and O–H groups in total. The van der Waals surface area contributed by atoms with Gasteiger partial charge in [-0.05, 0) is 43.9 Å². The number of rotatable bonds is 1. The van der Waals surface area contributed by atoms with Crippen LogP contribution in [0.1, 0.15) is 52.4 Å². The molecule has 72 valence electrons. The van der Waals surface area contributed by atoms with Gasteiger partial charge in [-0.2, -0.15) is 0 Å². The van der Waals surface area contributed by atoms with Crippen molar-refractivity contribution in [2.75, 3.05) is 7.11 Å². The number of methoxy groups -OCH3 is 1. The summed E-state index contributed by atoms with van der Waals surface area (Å²) in [6, 6.07) is 0. The monoisotopic (exact) mass is 170 g/mol. The van der Waals surface area contributed by atoms with Gasteiger partial charge in [-0.3, -0.25) is 0 Å². The minimum atomic E-state index is 0.589. The van der Waals surface area contributed by atoms with Gasteiger partial charge < -0.3 is 4.74 Å². The number of hydrogen-bond donors (Lipinski definition) is 0. The maximum atomic E-state index is 5.31. The second kappa shape index (κ2) is 4.27. The number of hydrogen-bond acceptors (Lipinski definition) is 1. The molecule has 0 saturated heterocycles. The van der Waals surface area contributed by atoms with Crippen LogP contribution >= 0.6 is 0 Å². The van der Waals surface area contributed by atoms with Gasteiger partial charge in [-0.15, -0.1) is 0 Å². The molecule has 2 rings (SSSR count). The van der Waals surface area contributed by atoms with Gasteiger partial charge in [-0.1, -0.05) is 13.8 Å². The van der Waals surface area contributed by atoms with Crippen LogP contribution in [0.2, 0.25) is 0 Å². The first-order valence-corrected chi connectivity index (χ1v) is 5.37. The van der Waals surface area contributed by atoms with Crippen LogP contribution in [0.5, 0.6) is 0 Å². The summed E-state index contributed by atoms with van der Waals surface area (Å²) in [4.78, 5) is 0. The van der Waals surface area contributed by atoms with Crippen molar-refractivity contribution in [2.45, 2.75) is 58.5 Å². The van der Waals surface area contributed by atoms with Gasteiger partial charge in [0.2, 0.25) is 0 Å². The van der Waals surface area contributed by atoms with E-state index in [2.05, 4.69) is 0 Å². The SMILES string of the molecule is CC.COC1CCC2(CC1)CC2. The van der Waals surface area contributed by atoms with Crippen molar-refractivity contribution in [3.05, 3.63) is 0 Å². The Hall–Kier alpha value is -0.0400. The topological polar surface area (TPSA) is 9.23 Å². The third-order valence-corrected chi connectivity index (χ3v) is 3.28. The highest BCUT2D eigenvalue weighted by atomic mass is 16.5. The zero-order valence-corrected chi connectivity index (χ0v) is 8.73. The van der Waals surface area contributed by atoms with E-state index >= 15 is 0 Å². The van der Waals surface area contributed by atoms with E-state index in [1.54, 1.807) is 0 Å². The van der Waals surface area contributed by atoms with E-state index in [0.29, 0.717) is 6.10 Å². The zero-order valence-electron chi connectivity index (χ0n) is 8.73. The maximum absolute atomic E-state index is 5.31. The maximum Gasteiger partial charge on any atom is 0.0571 e. The van der Waals surface area contributed by atoms with Crippen molar-refractivity contribution in [1.29, 1.82) is 0 Å². The first-order chi connectivity index (χ1) is 5.85. The van der Waals surface area contributed by atoms with E-state index in [9.17, 15) is 0 Å². The van der Waals surface area contributed by atoms with Crippen LogP contribution < -0.4 is 0 Å². The summed E-state index contributed by atoms with van der Waals surface area (Å²) in [6.45, 7) is 4.00. The fourth-order valence-electron chi connectivity index (χ4n) is 2.12. The van der Waals surface area contributed by atoms with E-state index in [-0.39, 0.29) is 0 Å². The van der Waals surface area contributed by atoms with E-state index in [1.165, 1.54) is 38.5 Å². The van der Waals surface area contributed by atoms with E-state index in [1.807, 2.05) is 21.0 Å². The molecule has 0 bridgehead atoms. The summed E-state index contributed by atoms with van der Waals surface area (Å²) in [5.41, 5.74) is 0.828. The fourth-order valence-corrected chi connectivity index (χ4v) is 2.12. The standard InChI is InChI=1S/C9H16O.C2H6/c1-10-8-2-4-9(5-3-8)6-7-9;1-2/h8H,2-7H2,1H3;1-2H3. The molecule has 0 aliphatic heterocycles. The smallest absolute Gasteiger partial charge is 0.0571 e. The largest absolute Gasteiger partial charge is 0.381 e. The quantitative estimate of drug-likeness (QED) is 0.586. The Morgan fingerprint density at radius 3 is 1.83 bits per heavy atom. The Kier molecular flexibility index (Phi) is 3.57. The molecule has 0 amide bonds. The van der Waals surface area contributed by atoms with Gasteiger partial charge in [0, 0.05) is 7.11 Å². The lowest BCUT2D eigenvalue weighted by Gasteiger charge is -2.27. The predicted molar refractivity (Wildman–Crippen MR) is 52.3 cm³/mol. The summed E-state index contributed by atoms with van der Waals surface area (Å²) in [5.74, 6) is 0. The van der Waals surface area contributed by atoms with Crippen molar-refractivity contribution in [2.24, 2.45) is 5.41 Å². The molecular weight excluding hydrogens is 148 g/mol. The molecule has 2 aliphatic carbocycles. The van der Waals surface area contributed by atoms with Crippen LogP contribution in [0.25, 0.3) is 0 Å². The summed E-state index contributed by atoms with van der Waals surface area (Å²) < 4.78 is 5.31. The lowest BCUT2D eigenvalue weighted by atomic mass is 9.85. The highest BCUT2D eigenvalue weighted by Crippen LogP contribution is 2.56. The van der Waals surface area contributed by atoms with E-state index in [0.717, 1.165) is 5.41 Å². The first-order valence-electron chi connectivity index (χ1n) is 5.37. The molecule has 0 radical (unpaired) electrons. The second-order valence-electron chi connectivity index (χ2n) is 3.94. The van der Waals surface area contributed by atoms with E-state index in [4.69, 9.17) is 4.74 Å². The van der Waals surface area contributed by atoms with Crippen molar-refractivity contribution in [3.8, 4) is 0 Å². The third kappa shape index (κ3) is 2.22. The first kappa shape index (κ1) is 10.0. The second-order valence-corrected chi connectivity index (χ2v) is 3.94. The molecule has 1 heteroatoms. The Labute approximate surface area is 76.5 Å². The molecule has 2 fully saturated rings. The minimum Gasteiger partial charge on any atom is -0.381 e. The molecule has 0 unspecified atom stereocenters. The molecule has 0 heterocycles. The fraction of sp³-hybridized carbons (Fsp3) is 1.00. The van der Waals surface area contributed by atoms with Crippen LogP contribution in [0, 0.1) is 5.41 Å². The minimum absolute atomic E-state index is 0.589. The van der Waals surface area contributed by atoms with E-state index < -0.39 is 0 Å². The van der Waals surface area contributed by atoms with Crippen molar-refractivity contribution in [1.82, 2.24) is 0 Å². The molecule has 2 aliphatic rings. The molecule has 0 aromatic rings. The highest BCUT2D eigenvalue weighted by Gasteiger charge is 2.44. The van der Waals surface area contributed by atoms with Crippen LogP contribution in [0.4, 0.5) is 0 Å². The molecule has 1 spiro atoms. The average Bonchev–Trinajstić information content (AvgIpc) is 2.90. The summed E-state index contributed by atoms with van der Waals surface area (Å²) in [6.07, 6.45) is 9.10. The molecule has 12 heavy (non-hydrogen) atoms. The molecule has 0 atom stereocenters. The Balaban J connectivity index is 0.000000336. The van der Waals surface area contributed by atoms with Gasteiger partial charge in [0.15, 0.2) is 0 Å². The Morgan fingerprint density at radius 2 is 1.50 bits per heavy atom. The Bertz CT molecular complexity index is 117. The van der Waals surface area contributed by atoms with Gasteiger partial charge in [0.1, 0.15) is 0 Å². The zero-order chi connectivity index (χ0) is 9.03. The third-order valence-electron chi connectivity index (χ3n) is 3.28. The van der Waals surface area contributed by atoms with Gasteiger partial charge in [-0.25, -0.2) is 0 Å². The van der Waals surface area contributed by atoms with Crippen LogP contribution in [-0.4, -0.2) is 13.2 Å². The van der Waals surface area contributed by atoms with Crippen molar-refractivity contribution < 1.29 is 4.74 Å². The lowest BCUT2D eigenvalue weighted by Crippen LogP contribution is -2.20. The molecule has 0 aromatic carbocycles. The summed E-state index contributed by atoms with van der Waals surface area (Å²) in [7, 11) is 1.84.